The summed E-state index contributed by atoms with van der Waals surface area (Å²) in [5.74, 6) is 1.01. The number of carbonyl (C=O) groups excluding carboxylic acids is 1. The number of carbonyl (C=O) groups is 1. The number of methoxy groups -OCH3 is 1. The van der Waals surface area contributed by atoms with Crippen LogP contribution < -0.4 is 14.8 Å². The van der Waals surface area contributed by atoms with E-state index in [0.717, 1.165) is 12.1 Å². The molecule has 0 aromatic heterocycles. The number of ether oxygens (including phenoxy) is 2. The molecule has 0 atom stereocenters. The lowest BCUT2D eigenvalue weighted by Crippen LogP contribution is -2.31. The number of likely N-dealkylation sites (N-methyl/N-ethyl adjacent to an activating group) is 1. The number of rotatable bonds is 8. The summed E-state index contributed by atoms with van der Waals surface area (Å²) in [4.78, 5) is 13.5. The molecule has 0 fully saturated rings. The summed E-state index contributed by atoms with van der Waals surface area (Å²) in [6.07, 6.45) is 0. The third-order valence-corrected chi connectivity index (χ3v) is 3.34. The van der Waals surface area contributed by atoms with Crippen molar-refractivity contribution < 1.29 is 14.3 Å². The average Bonchev–Trinajstić information content (AvgIpc) is 2.49. The van der Waals surface area contributed by atoms with Crippen LogP contribution in [0.5, 0.6) is 11.5 Å². The van der Waals surface area contributed by atoms with Gasteiger partial charge in [0.2, 0.25) is 0 Å². The monoisotopic (exact) mass is 314 g/mol. The molecule has 0 radical (unpaired) electrons. The van der Waals surface area contributed by atoms with Crippen LogP contribution in [0.3, 0.4) is 0 Å². The fourth-order valence-electron chi connectivity index (χ4n) is 1.75. The van der Waals surface area contributed by atoms with Crippen molar-refractivity contribution in [2.75, 3.05) is 33.9 Å². The zero-order valence-electron chi connectivity index (χ0n) is 13.0. The molecule has 5 nitrogen and oxygen atoms in total. The van der Waals surface area contributed by atoms with Crippen LogP contribution in [-0.4, -0.2) is 44.7 Å². The maximum Gasteiger partial charge on any atom is 0.260 e. The summed E-state index contributed by atoms with van der Waals surface area (Å²) in [7, 11) is 3.29. The second-order valence-corrected chi connectivity index (χ2v) is 5.01. The molecule has 0 saturated carbocycles. The van der Waals surface area contributed by atoms with Crippen molar-refractivity contribution in [1.29, 1.82) is 0 Å². The Morgan fingerprint density at radius 2 is 2.10 bits per heavy atom. The Morgan fingerprint density at radius 1 is 1.38 bits per heavy atom. The van der Waals surface area contributed by atoms with E-state index in [-0.39, 0.29) is 12.5 Å². The second kappa shape index (κ2) is 8.74. The van der Waals surface area contributed by atoms with Crippen molar-refractivity contribution >= 4 is 17.5 Å². The normalized spacial score (nSPS) is 10.3. The minimum absolute atomic E-state index is 0.0263. The van der Waals surface area contributed by atoms with Crippen molar-refractivity contribution in [2.45, 2.75) is 20.4 Å². The van der Waals surface area contributed by atoms with Crippen LogP contribution in [-0.2, 0) is 11.3 Å². The van der Waals surface area contributed by atoms with Crippen LogP contribution in [0.15, 0.2) is 12.1 Å². The van der Waals surface area contributed by atoms with Gasteiger partial charge in [-0.25, -0.2) is 0 Å². The molecular formula is C15H23ClN2O3. The first-order chi connectivity index (χ1) is 10.0. The summed E-state index contributed by atoms with van der Waals surface area (Å²) in [6.45, 7) is 5.97. The molecule has 0 bridgehead atoms. The van der Waals surface area contributed by atoms with E-state index in [1.807, 2.05) is 19.9 Å². The van der Waals surface area contributed by atoms with Crippen LogP contribution in [0.1, 0.15) is 19.4 Å². The fourth-order valence-corrected chi connectivity index (χ4v) is 1.98. The molecule has 6 heteroatoms. The molecule has 0 unspecified atom stereocenters. The van der Waals surface area contributed by atoms with E-state index in [9.17, 15) is 4.79 Å². The van der Waals surface area contributed by atoms with Gasteiger partial charge in [-0.05, 0) is 19.5 Å². The molecule has 0 aliphatic carbocycles. The maximum atomic E-state index is 11.9. The van der Waals surface area contributed by atoms with Gasteiger partial charge in [0.1, 0.15) is 0 Å². The second-order valence-electron chi connectivity index (χ2n) is 4.57. The molecule has 1 aromatic rings. The van der Waals surface area contributed by atoms with Crippen molar-refractivity contribution in [3.05, 3.63) is 22.7 Å². The zero-order chi connectivity index (χ0) is 15.8. The van der Waals surface area contributed by atoms with E-state index in [1.54, 1.807) is 25.1 Å². The van der Waals surface area contributed by atoms with Gasteiger partial charge >= 0.3 is 0 Å². The number of hydrogen-bond donors (Lipinski definition) is 1. The number of nitrogens with zero attached hydrogens (tertiary/aromatic N) is 1. The van der Waals surface area contributed by atoms with Crippen LogP contribution in [0, 0.1) is 0 Å². The lowest BCUT2D eigenvalue weighted by Gasteiger charge is -2.18. The first-order valence-corrected chi connectivity index (χ1v) is 7.35. The zero-order valence-corrected chi connectivity index (χ0v) is 13.8. The minimum atomic E-state index is -0.0797. The van der Waals surface area contributed by atoms with Crippen LogP contribution in [0.4, 0.5) is 0 Å². The van der Waals surface area contributed by atoms with Gasteiger partial charge in [-0.15, -0.1) is 0 Å². The molecule has 0 aliphatic heterocycles. The first kappa shape index (κ1) is 17.6. The highest BCUT2D eigenvalue weighted by molar-refractivity contribution is 6.30. The van der Waals surface area contributed by atoms with E-state index < -0.39 is 0 Å². The third-order valence-electron chi connectivity index (χ3n) is 3.12. The van der Waals surface area contributed by atoms with Crippen molar-refractivity contribution in [1.82, 2.24) is 10.2 Å². The van der Waals surface area contributed by atoms with Crippen molar-refractivity contribution in [3.63, 3.8) is 0 Å². The Balaban J connectivity index is 2.93. The predicted octanol–water partition coefficient (Wildman–Crippen LogP) is 2.32. The van der Waals surface area contributed by atoms with Crippen LogP contribution in [0.25, 0.3) is 0 Å². The summed E-state index contributed by atoms with van der Waals surface area (Å²) < 4.78 is 11.0. The quantitative estimate of drug-likeness (QED) is 0.800. The Morgan fingerprint density at radius 3 is 2.67 bits per heavy atom. The summed E-state index contributed by atoms with van der Waals surface area (Å²) >= 11 is 6.08. The van der Waals surface area contributed by atoms with E-state index in [2.05, 4.69) is 5.32 Å². The Labute approximate surface area is 131 Å². The SMILES string of the molecule is CCNCc1cc(Cl)cc(OC)c1OCC(=O)N(C)CC. The van der Waals surface area contributed by atoms with Gasteiger partial charge in [-0.2, -0.15) is 0 Å². The standard InChI is InChI=1S/C15H23ClN2O3/c1-5-17-9-11-7-12(16)8-13(20-4)15(11)21-10-14(19)18(3)6-2/h7-8,17H,5-6,9-10H2,1-4H3. The molecule has 0 saturated heterocycles. The van der Waals surface area contributed by atoms with E-state index in [1.165, 1.54) is 0 Å². The summed E-state index contributed by atoms with van der Waals surface area (Å²) in [5, 5.41) is 3.79. The lowest BCUT2D eigenvalue weighted by molar-refractivity contribution is -0.131. The first-order valence-electron chi connectivity index (χ1n) is 6.97. The third kappa shape index (κ3) is 5.10. The number of benzene rings is 1. The number of hydrogen-bond acceptors (Lipinski definition) is 4. The predicted molar refractivity (Wildman–Crippen MR) is 84.2 cm³/mol. The molecule has 0 spiro atoms. The molecule has 1 rings (SSSR count). The highest BCUT2D eigenvalue weighted by atomic mass is 35.5. The number of nitrogens with one attached hydrogen (secondary N) is 1. The smallest absolute Gasteiger partial charge is 0.260 e. The largest absolute Gasteiger partial charge is 0.493 e. The Bertz CT molecular complexity index is 480. The van der Waals surface area contributed by atoms with Gasteiger partial charge in [0.15, 0.2) is 18.1 Å². The summed E-state index contributed by atoms with van der Waals surface area (Å²) in [5.41, 5.74) is 0.869. The van der Waals surface area contributed by atoms with Gasteiger partial charge in [-0.1, -0.05) is 18.5 Å². The van der Waals surface area contributed by atoms with Crippen molar-refractivity contribution in [3.8, 4) is 11.5 Å². The maximum absolute atomic E-state index is 11.9. The lowest BCUT2D eigenvalue weighted by atomic mass is 10.2. The topological polar surface area (TPSA) is 50.8 Å². The van der Waals surface area contributed by atoms with E-state index in [0.29, 0.717) is 29.6 Å². The fraction of sp³-hybridized carbons (Fsp3) is 0.533. The molecular weight excluding hydrogens is 292 g/mol. The van der Waals surface area contributed by atoms with Gasteiger partial charge in [0.05, 0.1) is 7.11 Å². The average molecular weight is 315 g/mol. The minimum Gasteiger partial charge on any atom is -0.493 e. The van der Waals surface area contributed by atoms with E-state index in [4.69, 9.17) is 21.1 Å². The van der Waals surface area contributed by atoms with Crippen LogP contribution >= 0.6 is 11.6 Å². The Kier molecular flexibility index (Phi) is 7.32. The molecule has 0 aliphatic rings. The molecule has 118 valence electrons. The highest BCUT2D eigenvalue weighted by Crippen LogP contribution is 2.34. The van der Waals surface area contributed by atoms with Gasteiger partial charge in [0.25, 0.3) is 5.91 Å². The van der Waals surface area contributed by atoms with E-state index >= 15 is 0 Å². The van der Waals surface area contributed by atoms with Gasteiger partial charge < -0.3 is 19.7 Å². The van der Waals surface area contributed by atoms with Gasteiger partial charge in [0, 0.05) is 36.8 Å². The molecule has 1 N–H and O–H groups in total. The van der Waals surface area contributed by atoms with Crippen LogP contribution in [0.2, 0.25) is 5.02 Å². The Hall–Kier alpha value is -1.46. The molecule has 1 amide bonds. The number of halogens is 1. The number of amides is 1. The highest BCUT2D eigenvalue weighted by Gasteiger charge is 2.15. The molecule has 1 aromatic carbocycles. The van der Waals surface area contributed by atoms with Gasteiger partial charge in [-0.3, -0.25) is 4.79 Å². The summed E-state index contributed by atoms with van der Waals surface area (Å²) in [6, 6.07) is 3.50. The molecule has 0 heterocycles. The van der Waals surface area contributed by atoms with Crippen molar-refractivity contribution in [2.24, 2.45) is 0 Å². The molecule has 21 heavy (non-hydrogen) atoms.